The van der Waals surface area contributed by atoms with Crippen molar-refractivity contribution >= 4 is 45.8 Å². The average molecular weight is 418 g/mol. The highest BCUT2D eigenvalue weighted by Gasteiger charge is 2.13. The van der Waals surface area contributed by atoms with Crippen LogP contribution >= 0.6 is 34.2 Å². The van der Waals surface area contributed by atoms with E-state index in [9.17, 15) is 4.79 Å². The van der Waals surface area contributed by atoms with Gasteiger partial charge in [-0.2, -0.15) is 0 Å². The molecule has 21 heavy (non-hydrogen) atoms. The maximum Gasteiger partial charge on any atom is 0.255 e. The van der Waals surface area contributed by atoms with E-state index >= 15 is 0 Å². The lowest BCUT2D eigenvalue weighted by Crippen LogP contribution is -2.12. The molecule has 0 aromatic heterocycles. The molecular weight excluding hydrogens is 405 g/mol. The fourth-order valence-corrected chi connectivity index (χ4v) is 2.31. The first-order valence-electron chi connectivity index (χ1n) is 6.03. The summed E-state index contributed by atoms with van der Waals surface area (Å²) in [6.07, 6.45) is 0. The molecule has 0 atom stereocenters. The van der Waals surface area contributed by atoms with Gasteiger partial charge in [0.2, 0.25) is 0 Å². The van der Waals surface area contributed by atoms with E-state index in [0.29, 0.717) is 27.8 Å². The van der Waals surface area contributed by atoms with Gasteiger partial charge in [0.1, 0.15) is 0 Å². The van der Waals surface area contributed by atoms with Crippen molar-refractivity contribution in [1.29, 1.82) is 0 Å². The Kier molecular flexibility index (Phi) is 5.30. The van der Waals surface area contributed by atoms with Crippen LogP contribution in [0.2, 0.25) is 5.02 Å². The predicted molar refractivity (Wildman–Crippen MR) is 91.7 cm³/mol. The first kappa shape index (κ1) is 15.9. The number of halogens is 2. The van der Waals surface area contributed by atoms with E-state index in [-0.39, 0.29) is 5.91 Å². The van der Waals surface area contributed by atoms with E-state index in [4.69, 9.17) is 21.1 Å². The van der Waals surface area contributed by atoms with Crippen LogP contribution < -0.4 is 14.8 Å². The molecule has 2 aromatic carbocycles. The van der Waals surface area contributed by atoms with Crippen LogP contribution in [0.4, 0.5) is 5.69 Å². The second kappa shape index (κ2) is 7.00. The number of anilines is 1. The fourth-order valence-electron chi connectivity index (χ4n) is 1.75. The van der Waals surface area contributed by atoms with Gasteiger partial charge in [-0.25, -0.2) is 0 Å². The van der Waals surface area contributed by atoms with E-state index in [0.717, 1.165) is 3.57 Å². The van der Waals surface area contributed by atoms with Crippen LogP contribution in [0.15, 0.2) is 36.4 Å². The van der Waals surface area contributed by atoms with E-state index in [2.05, 4.69) is 27.9 Å². The quantitative estimate of drug-likeness (QED) is 0.758. The summed E-state index contributed by atoms with van der Waals surface area (Å²) in [5, 5.41) is 3.14. The third kappa shape index (κ3) is 3.79. The van der Waals surface area contributed by atoms with Gasteiger partial charge in [-0.05, 0) is 46.9 Å². The molecule has 0 aliphatic carbocycles. The SMILES string of the molecule is COc1cc(Cl)c(NC(=O)c2ccc(I)cc2)cc1OC. The minimum absolute atomic E-state index is 0.236. The van der Waals surface area contributed by atoms with Crippen LogP contribution in [0.25, 0.3) is 0 Å². The van der Waals surface area contributed by atoms with Crippen LogP contribution in [-0.4, -0.2) is 20.1 Å². The van der Waals surface area contributed by atoms with Crippen molar-refractivity contribution < 1.29 is 14.3 Å². The Morgan fingerprint density at radius 3 is 2.24 bits per heavy atom. The van der Waals surface area contributed by atoms with Crippen LogP contribution in [-0.2, 0) is 0 Å². The largest absolute Gasteiger partial charge is 0.493 e. The molecule has 0 radical (unpaired) electrons. The van der Waals surface area contributed by atoms with Gasteiger partial charge in [-0.1, -0.05) is 11.6 Å². The number of methoxy groups -OCH3 is 2. The molecule has 0 saturated carbocycles. The number of nitrogens with one attached hydrogen (secondary N) is 1. The third-order valence-corrected chi connectivity index (χ3v) is 3.86. The molecule has 0 bridgehead atoms. The summed E-state index contributed by atoms with van der Waals surface area (Å²) in [5.74, 6) is 0.773. The normalized spacial score (nSPS) is 10.1. The molecule has 0 unspecified atom stereocenters. The molecule has 110 valence electrons. The van der Waals surface area contributed by atoms with Gasteiger partial charge < -0.3 is 14.8 Å². The van der Waals surface area contributed by atoms with Crippen LogP contribution in [0, 0.1) is 3.57 Å². The molecule has 6 heteroatoms. The number of hydrogen-bond donors (Lipinski definition) is 1. The Labute approximate surface area is 141 Å². The number of benzene rings is 2. The Morgan fingerprint density at radius 2 is 1.67 bits per heavy atom. The lowest BCUT2D eigenvalue weighted by atomic mass is 10.2. The molecule has 0 aliphatic rings. The van der Waals surface area contributed by atoms with Gasteiger partial charge in [0, 0.05) is 21.3 Å². The molecule has 1 N–H and O–H groups in total. The van der Waals surface area contributed by atoms with E-state index in [1.165, 1.54) is 14.2 Å². The van der Waals surface area contributed by atoms with Crippen LogP contribution in [0.1, 0.15) is 10.4 Å². The van der Waals surface area contributed by atoms with Gasteiger partial charge in [-0.15, -0.1) is 0 Å². The average Bonchev–Trinajstić information content (AvgIpc) is 2.49. The maximum absolute atomic E-state index is 12.2. The molecule has 1 amide bonds. The Morgan fingerprint density at radius 1 is 1.10 bits per heavy atom. The summed E-state index contributed by atoms with van der Waals surface area (Å²) in [6.45, 7) is 0. The lowest BCUT2D eigenvalue weighted by Gasteiger charge is -2.12. The topological polar surface area (TPSA) is 47.6 Å². The van der Waals surface area contributed by atoms with Gasteiger partial charge >= 0.3 is 0 Å². The Bertz CT molecular complexity index is 659. The van der Waals surface area contributed by atoms with Crippen molar-refractivity contribution in [3.05, 3.63) is 50.6 Å². The van der Waals surface area contributed by atoms with Crippen LogP contribution in [0.3, 0.4) is 0 Å². The second-order valence-corrected chi connectivity index (χ2v) is 5.80. The maximum atomic E-state index is 12.2. The highest BCUT2D eigenvalue weighted by molar-refractivity contribution is 14.1. The standard InChI is InChI=1S/C15H13ClINO3/c1-20-13-7-11(16)12(8-14(13)21-2)18-15(19)9-3-5-10(17)6-4-9/h3-8H,1-2H3,(H,18,19). The molecule has 0 aliphatic heterocycles. The van der Waals surface area contributed by atoms with Crippen molar-refractivity contribution in [3.63, 3.8) is 0 Å². The zero-order valence-electron chi connectivity index (χ0n) is 11.4. The Hall–Kier alpha value is -1.47. The number of carbonyl (C=O) groups excluding carboxylic acids is 1. The summed E-state index contributed by atoms with van der Waals surface area (Å²) in [5.41, 5.74) is 1.03. The lowest BCUT2D eigenvalue weighted by molar-refractivity contribution is 0.102. The molecule has 0 heterocycles. The summed E-state index contributed by atoms with van der Waals surface area (Å²) < 4.78 is 11.4. The molecule has 2 aromatic rings. The smallest absolute Gasteiger partial charge is 0.255 e. The van der Waals surface area contributed by atoms with Gasteiger partial charge in [0.05, 0.1) is 24.9 Å². The summed E-state index contributed by atoms with van der Waals surface area (Å²) in [6, 6.07) is 10.5. The zero-order valence-corrected chi connectivity index (χ0v) is 14.4. The second-order valence-electron chi connectivity index (χ2n) is 4.15. The van der Waals surface area contributed by atoms with Gasteiger partial charge in [0.25, 0.3) is 5.91 Å². The molecule has 0 spiro atoms. The Balaban J connectivity index is 2.26. The molecule has 4 nitrogen and oxygen atoms in total. The van der Waals surface area contributed by atoms with Crippen molar-refractivity contribution in [2.75, 3.05) is 19.5 Å². The number of rotatable bonds is 4. The highest BCUT2D eigenvalue weighted by Crippen LogP contribution is 2.36. The molecule has 2 rings (SSSR count). The van der Waals surface area contributed by atoms with Crippen molar-refractivity contribution in [3.8, 4) is 11.5 Å². The predicted octanol–water partition coefficient (Wildman–Crippen LogP) is 4.21. The van der Waals surface area contributed by atoms with E-state index in [1.807, 2.05) is 12.1 Å². The molecular formula is C15H13ClINO3. The van der Waals surface area contributed by atoms with Gasteiger partial charge in [-0.3, -0.25) is 4.79 Å². The monoisotopic (exact) mass is 417 g/mol. The molecule has 0 saturated heterocycles. The van der Waals surface area contributed by atoms with E-state index in [1.54, 1.807) is 24.3 Å². The number of hydrogen-bond acceptors (Lipinski definition) is 3. The summed E-state index contributed by atoms with van der Waals surface area (Å²) in [7, 11) is 3.05. The minimum atomic E-state index is -0.236. The van der Waals surface area contributed by atoms with Crippen molar-refractivity contribution in [2.45, 2.75) is 0 Å². The molecule has 0 fully saturated rings. The van der Waals surface area contributed by atoms with Gasteiger partial charge in [0.15, 0.2) is 11.5 Å². The number of amides is 1. The minimum Gasteiger partial charge on any atom is -0.493 e. The first-order chi connectivity index (χ1) is 10.0. The third-order valence-electron chi connectivity index (χ3n) is 2.83. The van der Waals surface area contributed by atoms with Crippen molar-refractivity contribution in [1.82, 2.24) is 0 Å². The van der Waals surface area contributed by atoms with E-state index < -0.39 is 0 Å². The number of ether oxygens (including phenoxy) is 2. The number of carbonyl (C=O) groups is 1. The summed E-state index contributed by atoms with van der Waals surface area (Å²) in [4.78, 5) is 12.2. The summed E-state index contributed by atoms with van der Waals surface area (Å²) >= 11 is 8.33. The highest BCUT2D eigenvalue weighted by atomic mass is 127. The zero-order chi connectivity index (χ0) is 15.4. The fraction of sp³-hybridized carbons (Fsp3) is 0.133. The van der Waals surface area contributed by atoms with Crippen molar-refractivity contribution in [2.24, 2.45) is 0 Å². The first-order valence-corrected chi connectivity index (χ1v) is 7.49. The van der Waals surface area contributed by atoms with Crippen LogP contribution in [0.5, 0.6) is 11.5 Å².